The van der Waals surface area contributed by atoms with Gasteiger partial charge in [-0.15, -0.1) is 0 Å². The van der Waals surface area contributed by atoms with Gasteiger partial charge < -0.3 is 10.1 Å². The molecule has 1 aliphatic heterocycles. The van der Waals surface area contributed by atoms with Crippen molar-refractivity contribution in [3.63, 3.8) is 0 Å². The predicted molar refractivity (Wildman–Crippen MR) is 80.7 cm³/mol. The molecule has 1 fully saturated rings. The summed E-state index contributed by atoms with van der Waals surface area (Å²) in [5.74, 6) is 0.504. The van der Waals surface area contributed by atoms with Gasteiger partial charge in [-0.3, -0.25) is 14.9 Å². The van der Waals surface area contributed by atoms with Gasteiger partial charge >= 0.3 is 6.03 Å². The first-order valence-corrected chi connectivity index (χ1v) is 7.27. The van der Waals surface area contributed by atoms with Crippen molar-refractivity contribution in [3.8, 4) is 5.75 Å². The number of ketones is 1. The Kier molecular flexibility index (Phi) is 5.14. The van der Waals surface area contributed by atoms with Crippen LogP contribution in [0.1, 0.15) is 37.7 Å². The van der Waals surface area contributed by atoms with E-state index in [1.165, 1.54) is 0 Å². The van der Waals surface area contributed by atoms with Crippen molar-refractivity contribution in [3.05, 3.63) is 29.8 Å². The largest absolute Gasteiger partial charge is 0.496 e. The van der Waals surface area contributed by atoms with E-state index in [1.54, 1.807) is 7.11 Å². The molecule has 0 aliphatic carbocycles. The van der Waals surface area contributed by atoms with Crippen LogP contribution in [0.15, 0.2) is 24.3 Å². The number of hydrogen-bond acceptors (Lipinski definition) is 4. The van der Waals surface area contributed by atoms with Crippen molar-refractivity contribution in [2.24, 2.45) is 0 Å². The van der Waals surface area contributed by atoms with Gasteiger partial charge in [-0.05, 0) is 24.0 Å². The number of para-hydroxylation sites is 1. The molecule has 1 aromatic rings. The Morgan fingerprint density at radius 3 is 2.68 bits per heavy atom. The van der Waals surface area contributed by atoms with E-state index in [0.717, 1.165) is 11.3 Å². The number of methoxy groups -OCH3 is 1. The van der Waals surface area contributed by atoms with E-state index in [0.29, 0.717) is 12.8 Å². The first-order chi connectivity index (χ1) is 10.5. The van der Waals surface area contributed by atoms with Crippen molar-refractivity contribution in [2.75, 3.05) is 7.11 Å². The highest BCUT2D eigenvalue weighted by molar-refractivity contribution is 6.04. The molecule has 0 saturated carbocycles. The van der Waals surface area contributed by atoms with E-state index < -0.39 is 12.1 Å². The van der Waals surface area contributed by atoms with Crippen LogP contribution in [0.5, 0.6) is 5.75 Å². The Hall–Kier alpha value is -2.37. The molecule has 2 atom stereocenters. The zero-order chi connectivity index (χ0) is 16.1. The van der Waals surface area contributed by atoms with Gasteiger partial charge in [-0.2, -0.15) is 0 Å². The molecule has 6 heteroatoms. The van der Waals surface area contributed by atoms with E-state index in [1.807, 2.05) is 31.2 Å². The monoisotopic (exact) mass is 304 g/mol. The lowest BCUT2D eigenvalue weighted by Crippen LogP contribution is -2.29. The molecule has 6 nitrogen and oxygen atoms in total. The van der Waals surface area contributed by atoms with Crippen LogP contribution >= 0.6 is 0 Å². The molecule has 22 heavy (non-hydrogen) atoms. The molecule has 1 heterocycles. The molecular formula is C16H20N2O4. The van der Waals surface area contributed by atoms with Gasteiger partial charge in [0, 0.05) is 12.8 Å². The summed E-state index contributed by atoms with van der Waals surface area (Å²) < 4.78 is 5.30. The molecular weight excluding hydrogens is 284 g/mol. The second-order valence-electron chi connectivity index (χ2n) is 5.44. The van der Waals surface area contributed by atoms with Crippen LogP contribution in [0.3, 0.4) is 0 Å². The summed E-state index contributed by atoms with van der Waals surface area (Å²) in [5, 5.41) is 4.65. The number of hydrogen-bond donors (Lipinski definition) is 2. The molecule has 1 aliphatic rings. The summed E-state index contributed by atoms with van der Waals surface area (Å²) in [7, 11) is 1.61. The van der Waals surface area contributed by atoms with Gasteiger partial charge in [0.1, 0.15) is 17.6 Å². The van der Waals surface area contributed by atoms with Gasteiger partial charge in [0.25, 0.3) is 5.91 Å². The third kappa shape index (κ3) is 3.84. The van der Waals surface area contributed by atoms with Crippen molar-refractivity contribution < 1.29 is 19.1 Å². The third-order valence-electron chi connectivity index (χ3n) is 3.77. The second-order valence-corrected chi connectivity index (χ2v) is 5.44. The smallest absolute Gasteiger partial charge is 0.322 e. The maximum atomic E-state index is 12.1. The van der Waals surface area contributed by atoms with E-state index in [9.17, 15) is 14.4 Å². The SMILES string of the molecule is COc1ccccc1C(C)CC(=O)CCC1NC(=O)NC1=O. The first kappa shape index (κ1) is 16.0. The fraction of sp³-hybridized carbons (Fsp3) is 0.438. The summed E-state index contributed by atoms with van der Waals surface area (Å²) in [5.41, 5.74) is 0.991. The highest BCUT2D eigenvalue weighted by Gasteiger charge is 2.29. The van der Waals surface area contributed by atoms with Gasteiger partial charge in [-0.1, -0.05) is 25.1 Å². The maximum Gasteiger partial charge on any atom is 0.322 e. The highest BCUT2D eigenvalue weighted by atomic mass is 16.5. The molecule has 2 unspecified atom stereocenters. The number of ether oxygens (including phenoxy) is 1. The lowest BCUT2D eigenvalue weighted by Gasteiger charge is -2.15. The summed E-state index contributed by atoms with van der Waals surface area (Å²) in [6.45, 7) is 1.97. The Labute approximate surface area is 129 Å². The molecule has 0 radical (unpaired) electrons. The summed E-state index contributed by atoms with van der Waals surface area (Å²) in [6.07, 6.45) is 0.968. The minimum atomic E-state index is -0.599. The summed E-state index contributed by atoms with van der Waals surface area (Å²) in [4.78, 5) is 34.5. The number of Topliss-reactive ketones (excluding diaryl/α,β-unsaturated/α-hetero) is 1. The predicted octanol–water partition coefficient (Wildman–Crippen LogP) is 1.75. The molecule has 3 amide bonds. The number of benzene rings is 1. The van der Waals surface area contributed by atoms with E-state index in [2.05, 4.69) is 10.6 Å². The van der Waals surface area contributed by atoms with Crippen LogP contribution < -0.4 is 15.4 Å². The number of carbonyl (C=O) groups excluding carboxylic acids is 3. The van der Waals surface area contributed by atoms with E-state index in [4.69, 9.17) is 4.74 Å². The first-order valence-electron chi connectivity index (χ1n) is 7.27. The van der Waals surface area contributed by atoms with Crippen molar-refractivity contribution in [1.82, 2.24) is 10.6 Å². The molecule has 0 spiro atoms. The summed E-state index contributed by atoms with van der Waals surface area (Å²) in [6, 6.07) is 6.52. The molecule has 1 aromatic carbocycles. The number of amides is 3. The fourth-order valence-electron chi connectivity index (χ4n) is 2.59. The second kappa shape index (κ2) is 7.06. The van der Waals surface area contributed by atoms with Gasteiger partial charge in [0.15, 0.2) is 0 Å². The van der Waals surface area contributed by atoms with Gasteiger partial charge in [0.2, 0.25) is 0 Å². The lowest BCUT2D eigenvalue weighted by molar-refractivity contribution is -0.121. The quantitative estimate of drug-likeness (QED) is 0.752. The Balaban J connectivity index is 1.86. The molecule has 0 aromatic heterocycles. The standard InChI is InChI=1S/C16H20N2O4/c1-10(12-5-3-4-6-14(12)22-2)9-11(19)7-8-13-15(20)18-16(21)17-13/h3-6,10,13H,7-9H2,1-2H3,(H2,17,18,20,21). The minimum absolute atomic E-state index is 0.0376. The molecule has 118 valence electrons. The zero-order valence-electron chi connectivity index (χ0n) is 12.7. The fourth-order valence-corrected chi connectivity index (χ4v) is 2.59. The van der Waals surface area contributed by atoms with Crippen molar-refractivity contribution in [1.29, 1.82) is 0 Å². The van der Waals surface area contributed by atoms with Gasteiger partial charge in [0.05, 0.1) is 7.11 Å². The van der Waals surface area contributed by atoms with Crippen molar-refractivity contribution >= 4 is 17.7 Å². The van der Waals surface area contributed by atoms with Crippen LogP contribution in [0.4, 0.5) is 4.79 Å². The van der Waals surface area contributed by atoms with E-state index in [-0.39, 0.29) is 24.0 Å². The number of urea groups is 1. The number of rotatable bonds is 7. The average Bonchev–Trinajstić information content (AvgIpc) is 2.82. The topological polar surface area (TPSA) is 84.5 Å². The number of imide groups is 1. The van der Waals surface area contributed by atoms with Gasteiger partial charge in [-0.25, -0.2) is 4.79 Å². The maximum absolute atomic E-state index is 12.1. The minimum Gasteiger partial charge on any atom is -0.496 e. The van der Waals surface area contributed by atoms with Crippen molar-refractivity contribution in [2.45, 2.75) is 38.1 Å². The van der Waals surface area contributed by atoms with Crippen LogP contribution in [-0.2, 0) is 9.59 Å². The normalized spacial score (nSPS) is 18.5. The summed E-state index contributed by atoms with van der Waals surface area (Å²) >= 11 is 0. The number of carbonyl (C=O) groups is 3. The Bertz CT molecular complexity index is 585. The average molecular weight is 304 g/mol. The molecule has 0 bridgehead atoms. The highest BCUT2D eigenvalue weighted by Crippen LogP contribution is 2.29. The Morgan fingerprint density at radius 2 is 2.05 bits per heavy atom. The zero-order valence-corrected chi connectivity index (χ0v) is 12.7. The molecule has 2 rings (SSSR count). The lowest BCUT2D eigenvalue weighted by atomic mass is 9.93. The van der Waals surface area contributed by atoms with Crippen LogP contribution in [0, 0.1) is 0 Å². The van der Waals surface area contributed by atoms with Crippen LogP contribution in [0.2, 0.25) is 0 Å². The van der Waals surface area contributed by atoms with Crippen LogP contribution in [0.25, 0.3) is 0 Å². The molecule has 1 saturated heterocycles. The van der Waals surface area contributed by atoms with E-state index >= 15 is 0 Å². The third-order valence-corrected chi connectivity index (χ3v) is 3.77. The number of nitrogens with one attached hydrogen (secondary N) is 2. The Morgan fingerprint density at radius 1 is 1.32 bits per heavy atom. The van der Waals surface area contributed by atoms with Crippen LogP contribution in [-0.4, -0.2) is 30.9 Å². The molecule has 2 N–H and O–H groups in total.